The van der Waals surface area contributed by atoms with Crippen molar-refractivity contribution in [2.75, 3.05) is 75.6 Å². The molecule has 2 atom stereocenters. The van der Waals surface area contributed by atoms with Crippen LogP contribution in [0.4, 0.5) is 40.8 Å². The van der Waals surface area contributed by atoms with Gasteiger partial charge in [0.25, 0.3) is 11.8 Å². The van der Waals surface area contributed by atoms with Crippen molar-refractivity contribution in [3.05, 3.63) is 89.4 Å². The van der Waals surface area contributed by atoms with Gasteiger partial charge in [-0.05, 0) is 60.3 Å². The van der Waals surface area contributed by atoms with Gasteiger partial charge in [-0.15, -0.1) is 5.10 Å². The number of hydrogen-bond donors (Lipinski definition) is 3. The number of imidazole rings is 1. The third kappa shape index (κ3) is 7.90. The number of nitrogens with one attached hydrogen (secondary N) is 3. The van der Waals surface area contributed by atoms with Crippen molar-refractivity contribution in [1.29, 1.82) is 0 Å². The predicted octanol–water partition coefficient (Wildman–Crippen LogP) is 5.45. The summed E-state index contributed by atoms with van der Waals surface area (Å²) < 4.78 is 52.6. The number of ether oxygens (including phenoxy) is 1. The molecule has 2 aromatic carbocycles. The minimum absolute atomic E-state index is 0.136. The fourth-order valence-electron chi connectivity index (χ4n) is 9.31. The maximum atomic E-state index is 16.0. The Morgan fingerprint density at radius 1 is 0.984 bits per heavy atom. The highest BCUT2D eigenvalue weighted by Crippen LogP contribution is 2.51. The largest absolute Gasteiger partial charge is 0.495 e. The Labute approximate surface area is 362 Å². The van der Waals surface area contributed by atoms with E-state index in [0.717, 1.165) is 46.3 Å². The van der Waals surface area contributed by atoms with Gasteiger partial charge in [0.05, 0.1) is 48.4 Å². The van der Waals surface area contributed by atoms with Crippen molar-refractivity contribution in [2.45, 2.75) is 56.9 Å². The molecule has 3 N–H and O–H groups in total. The lowest BCUT2D eigenvalue weighted by Crippen LogP contribution is -2.69. The van der Waals surface area contributed by atoms with Gasteiger partial charge in [0.2, 0.25) is 0 Å². The molecule has 18 heteroatoms. The van der Waals surface area contributed by atoms with Gasteiger partial charge >= 0.3 is 6.03 Å². The van der Waals surface area contributed by atoms with Gasteiger partial charge in [-0.25, -0.2) is 27.5 Å². The number of piperidine rings is 1. The molecule has 3 aliphatic heterocycles. The van der Waals surface area contributed by atoms with Crippen LogP contribution in [0.1, 0.15) is 46.4 Å². The molecule has 15 nitrogen and oxygen atoms in total. The lowest BCUT2D eigenvalue weighted by Gasteiger charge is -2.57. The molecule has 2 unspecified atom stereocenters. The zero-order chi connectivity index (χ0) is 44.0. The Bertz CT molecular complexity index is 2550. The number of carbonyl (C=O) groups excluding carboxylic acids is 3. The summed E-state index contributed by atoms with van der Waals surface area (Å²) >= 11 is 0. The van der Waals surface area contributed by atoms with E-state index >= 15 is 8.78 Å². The molecule has 4 aliphatic rings. The van der Waals surface area contributed by atoms with Crippen LogP contribution >= 0.6 is 0 Å². The topological polar surface area (TPSA) is 153 Å². The fourth-order valence-corrected chi connectivity index (χ4v) is 9.31. The summed E-state index contributed by atoms with van der Waals surface area (Å²) in [4.78, 5) is 53.4. The lowest BCUT2D eigenvalue weighted by atomic mass is 9.69. The number of halogens is 3. The van der Waals surface area contributed by atoms with E-state index in [2.05, 4.69) is 30.7 Å². The normalized spacial score (nSPS) is 19.9. The van der Waals surface area contributed by atoms with Crippen LogP contribution in [0.3, 0.4) is 0 Å². The van der Waals surface area contributed by atoms with Crippen LogP contribution in [-0.4, -0.2) is 126 Å². The van der Waals surface area contributed by atoms with Crippen molar-refractivity contribution >= 4 is 46.8 Å². The molecule has 3 fully saturated rings. The number of rotatable bonds is 14. The number of hydrogen-bond acceptors (Lipinski definition) is 11. The molecular weight excluding hydrogens is 816 g/mol. The van der Waals surface area contributed by atoms with Gasteiger partial charge < -0.3 is 30.4 Å². The average Bonchev–Trinajstić information content (AvgIpc) is 3.59. The molecule has 1 saturated carbocycles. The second-order valence-electron chi connectivity index (χ2n) is 16.9. The molecule has 9 rings (SSSR count). The highest BCUT2D eigenvalue weighted by molar-refractivity contribution is 5.95. The Hall–Kier alpha value is -6.27. The molecular formula is C45H50F3N11O4. The number of pyridine rings is 1. The first kappa shape index (κ1) is 42.1. The van der Waals surface area contributed by atoms with Crippen LogP contribution in [0.2, 0.25) is 0 Å². The number of methoxy groups -OCH3 is 1. The van der Waals surface area contributed by atoms with Gasteiger partial charge in [-0.1, -0.05) is 24.3 Å². The van der Waals surface area contributed by atoms with Gasteiger partial charge in [-0.3, -0.25) is 24.5 Å². The number of likely N-dealkylation sites (tertiary alicyclic amines) is 2. The van der Waals surface area contributed by atoms with Crippen molar-refractivity contribution in [2.24, 2.45) is 5.41 Å². The molecule has 2 saturated heterocycles. The summed E-state index contributed by atoms with van der Waals surface area (Å²) in [6.45, 7) is 2.32. The number of urea groups is 1. The van der Waals surface area contributed by atoms with Gasteiger partial charge in [0.1, 0.15) is 18.2 Å². The summed E-state index contributed by atoms with van der Waals surface area (Å²) in [7, 11) is 4.78. The van der Waals surface area contributed by atoms with Crippen LogP contribution in [-0.2, 0) is 24.3 Å². The number of anilines is 4. The molecule has 3 aromatic heterocycles. The summed E-state index contributed by atoms with van der Waals surface area (Å²) in [5.74, 6) is -2.26. The molecule has 6 heterocycles. The number of amides is 3. The monoisotopic (exact) mass is 865 g/mol. The molecule has 3 amide bonds. The third-order valence-corrected chi connectivity index (χ3v) is 12.8. The van der Waals surface area contributed by atoms with E-state index in [4.69, 9.17) is 14.8 Å². The van der Waals surface area contributed by atoms with Crippen LogP contribution in [0.15, 0.2) is 67.0 Å². The molecule has 63 heavy (non-hydrogen) atoms. The zero-order valence-corrected chi connectivity index (χ0v) is 35.4. The number of aldehydes is 1. The number of aromatic nitrogens is 4. The highest BCUT2D eigenvalue weighted by Gasteiger charge is 2.62. The Balaban J connectivity index is 0.838. The second kappa shape index (κ2) is 16.8. The quantitative estimate of drug-likeness (QED) is 0.122. The van der Waals surface area contributed by atoms with Gasteiger partial charge in [0, 0.05) is 89.7 Å². The number of nitrogens with zero attached hydrogens (tertiary/aromatic N) is 8. The highest BCUT2D eigenvalue weighted by atomic mass is 19.3. The number of fused-ring (bicyclic) bond motifs is 2. The average molecular weight is 866 g/mol. The zero-order valence-electron chi connectivity index (χ0n) is 35.4. The summed E-state index contributed by atoms with van der Waals surface area (Å²) in [6.07, 6.45) is 4.53. The van der Waals surface area contributed by atoms with Crippen molar-refractivity contribution < 1.29 is 32.3 Å². The smallest absolute Gasteiger partial charge is 0.321 e. The van der Waals surface area contributed by atoms with Crippen molar-refractivity contribution in [1.82, 2.24) is 40.0 Å². The van der Waals surface area contributed by atoms with E-state index in [0.29, 0.717) is 74.2 Å². The minimum atomic E-state index is -2.90. The Morgan fingerprint density at radius 3 is 2.48 bits per heavy atom. The third-order valence-electron chi connectivity index (χ3n) is 12.8. The molecule has 1 aliphatic carbocycles. The van der Waals surface area contributed by atoms with E-state index in [1.807, 2.05) is 48.7 Å². The Kier molecular flexibility index (Phi) is 11.2. The molecule has 330 valence electrons. The van der Waals surface area contributed by atoms with Crippen LogP contribution in [0.25, 0.3) is 16.9 Å². The van der Waals surface area contributed by atoms with E-state index in [-0.39, 0.29) is 31.7 Å². The fraction of sp³-hybridized carbons (Fsp3) is 0.422. The molecule has 5 aromatic rings. The maximum Gasteiger partial charge on any atom is 0.321 e. The van der Waals surface area contributed by atoms with E-state index < -0.39 is 35.5 Å². The number of carbonyl (C=O) groups is 3. The molecule has 0 radical (unpaired) electrons. The molecule has 0 bridgehead atoms. The van der Waals surface area contributed by atoms with Crippen molar-refractivity contribution in [3.8, 4) is 17.0 Å². The second-order valence-corrected chi connectivity index (χ2v) is 16.9. The number of benzene rings is 2. The SMILES string of the molecule is CNC(=O)N(CCC=O)c1cc(CN2CCC3(CN(Cc4ccc(-c5cccc6c5CCN6c5cc(NC)c6ncc(C(=O)NC7CC7F)n6n5)nc4)C3)C(F)(F)C2)ccc1OC. The standard InChI is InChI=1S/C45H50F3N11O4/c1-49-35-20-40(54-59-38(22-52-41(35)59)42(61)53-34-19-32(34)46)57-15-12-31-30(6-4-7-36(31)57)33-10-8-29(21-51-33)24-56-25-44(26-56)13-16-55(27-45(44,47)48)23-28-9-11-39(63-3)37(18-28)58(14-5-17-60)43(62)50-2/h4,6-11,17-18,20-22,32,34,49H,5,12-16,19,23-27H2,1-3H3,(H,50,62)(H,53,61). The van der Waals surface area contributed by atoms with Crippen LogP contribution < -0.4 is 30.5 Å². The summed E-state index contributed by atoms with van der Waals surface area (Å²) in [5.41, 5.74) is 6.38. The van der Waals surface area contributed by atoms with E-state index in [9.17, 15) is 18.8 Å². The maximum absolute atomic E-state index is 16.0. The van der Waals surface area contributed by atoms with Gasteiger partial charge in [0.15, 0.2) is 17.2 Å². The van der Waals surface area contributed by atoms with Crippen LogP contribution in [0.5, 0.6) is 5.75 Å². The first-order valence-electron chi connectivity index (χ1n) is 21.2. The molecule has 1 spiro atoms. The van der Waals surface area contributed by atoms with Crippen molar-refractivity contribution in [3.63, 3.8) is 0 Å². The van der Waals surface area contributed by atoms with E-state index in [1.54, 1.807) is 24.1 Å². The predicted molar refractivity (Wildman–Crippen MR) is 232 cm³/mol. The first-order valence-corrected chi connectivity index (χ1v) is 21.2. The summed E-state index contributed by atoms with van der Waals surface area (Å²) in [6, 6.07) is 16.4. The van der Waals surface area contributed by atoms with Gasteiger partial charge in [-0.2, -0.15) is 0 Å². The Morgan fingerprint density at radius 2 is 1.78 bits per heavy atom. The number of alkyl halides is 3. The van der Waals surface area contributed by atoms with E-state index in [1.165, 1.54) is 29.8 Å². The minimum Gasteiger partial charge on any atom is -0.495 e. The van der Waals surface area contributed by atoms with Crippen LogP contribution in [0, 0.1) is 5.41 Å². The lowest BCUT2D eigenvalue weighted by molar-refractivity contribution is -0.227. The first-order chi connectivity index (χ1) is 30.4. The summed E-state index contributed by atoms with van der Waals surface area (Å²) in [5, 5.41) is 13.3.